The predicted molar refractivity (Wildman–Crippen MR) is 85.0 cm³/mol. The van der Waals surface area contributed by atoms with Crippen molar-refractivity contribution in [1.82, 2.24) is 4.98 Å². The second-order valence-corrected chi connectivity index (χ2v) is 6.75. The van der Waals surface area contributed by atoms with Crippen molar-refractivity contribution >= 4 is 11.3 Å². The zero-order valence-electron chi connectivity index (χ0n) is 13.1. The van der Waals surface area contributed by atoms with E-state index in [-0.39, 0.29) is 11.1 Å². The normalized spacial score (nSPS) is 19.2. The van der Waals surface area contributed by atoms with Crippen LogP contribution < -0.4 is 5.73 Å². The lowest BCUT2D eigenvalue weighted by atomic mass is 9.80. The fourth-order valence-corrected chi connectivity index (χ4v) is 4.47. The second kappa shape index (κ2) is 6.54. The average Bonchev–Trinajstić information content (AvgIpc) is 2.97. The van der Waals surface area contributed by atoms with Crippen LogP contribution in [0.25, 0.3) is 0 Å². The van der Waals surface area contributed by atoms with Crippen molar-refractivity contribution in [2.45, 2.75) is 76.9 Å². The van der Waals surface area contributed by atoms with Crippen LogP contribution in [0.5, 0.6) is 0 Å². The van der Waals surface area contributed by atoms with Crippen LogP contribution in [-0.4, -0.2) is 11.6 Å². The van der Waals surface area contributed by atoms with E-state index in [9.17, 15) is 0 Å². The highest BCUT2D eigenvalue weighted by Crippen LogP contribution is 2.40. The van der Waals surface area contributed by atoms with Crippen LogP contribution in [0.15, 0.2) is 5.38 Å². The van der Waals surface area contributed by atoms with Crippen molar-refractivity contribution < 1.29 is 4.74 Å². The van der Waals surface area contributed by atoms with Crippen molar-refractivity contribution in [3.8, 4) is 0 Å². The minimum atomic E-state index is -0.220. The molecule has 1 aliphatic rings. The minimum absolute atomic E-state index is 0.202. The maximum Gasteiger partial charge on any atom is 0.125 e. The van der Waals surface area contributed by atoms with Crippen LogP contribution in [0.2, 0.25) is 0 Å². The molecule has 0 aromatic carbocycles. The number of ether oxygens (including phenoxy) is 1. The third kappa shape index (κ3) is 2.92. The summed E-state index contributed by atoms with van der Waals surface area (Å²) in [4.78, 5) is 4.91. The molecule has 0 unspecified atom stereocenters. The van der Waals surface area contributed by atoms with Gasteiger partial charge in [-0.2, -0.15) is 0 Å². The Morgan fingerprint density at radius 2 is 1.90 bits per heavy atom. The number of hydrogen-bond acceptors (Lipinski definition) is 4. The highest BCUT2D eigenvalue weighted by Gasteiger charge is 2.36. The Bertz CT molecular complexity index is 420. The Morgan fingerprint density at radius 1 is 1.25 bits per heavy atom. The summed E-state index contributed by atoms with van der Waals surface area (Å²) in [7, 11) is 0. The van der Waals surface area contributed by atoms with Gasteiger partial charge in [0, 0.05) is 12.0 Å². The summed E-state index contributed by atoms with van der Waals surface area (Å²) in [5.74, 6) is 0. The molecule has 1 aromatic heterocycles. The van der Waals surface area contributed by atoms with Gasteiger partial charge in [-0.3, -0.25) is 0 Å². The molecule has 2 rings (SSSR count). The fourth-order valence-electron chi connectivity index (χ4n) is 3.25. The summed E-state index contributed by atoms with van der Waals surface area (Å²) in [5.41, 5.74) is 7.26. The monoisotopic (exact) mass is 296 g/mol. The molecule has 20 heavy (non-hydrogen) atoms. The van der Waals surface area contributed by atoms with Gasteiger partial charge in [0.15, 0.2) is 0 Å². The molecule has 2 N–H and O–H groups in total. The largest absolute Gasteiger partial charge is 0.368 e. The number of aromatic nitrogens is 1. The molecule has 1 saturated carbocycles. The van der Waals surface area contributed by atoms with Gasteiger partial charge in [-0.25, -0.2) is 4.98 Å². The molecule has 3 nitrogen and oxygen atoms in total. The van der Waals surface area contributed by atoms with Gasteiger partial charge in [-0.15, -0.1) is 11.3 Å². The Morgan fingerprint density at radius 3 is 2.45 bits per heavy atom. The topological polar surface area (TPSA) is 48.1 Å². The number of hydrogen-bond donors (Lipinski definition) is 1. The van der Waals surface area contributed by atoms with Crippen LogP contribution in [0.3, 0.4) is 0 Å². The van der Waals surface area contributed by atoms with E-state index in [4.69, 9.17) is 15.5 Å². The zero-order chi connectivity index (χ0) is 14.6. The quantitative estimate of drug-likeness (QED) is 0.850. The molecule has 114 valence electrons. The van der Waals surface area contributed by atoms with E-state index >= 15 is 0 Å². The number of nitrogens with two attached hydrogens (primary N) is 1. The van der Waals surface area contributed by atoms with Crippen LogP contribution in [0.4, 0.5) is 0 Å². The van der Waals surface area contributed by atoms with Crippen molar-refractivity contribution in [3.63, 3.8) is 0 Å². The van der Waals surface area contributed by atoms with Gasteiger partial charge >= 0.3 is 0 Å². The molecule has 0 saturated heterocycles. The summed E-state index contributed by atoms with van der Waals surface area (Å²) in [6.07, 6.45) is 7.81. The molecule has 4 heteroatoms. The molecule has 0 aliphatic heterocycles. The lowest BCUT2D eigenvalue weighted by Gasteiger charge is -2.32. The van der Waals surface area contributed by atoms with E-state index in [2.05, 4.69) is 26.2 Å². The zero-order valence-corrected chi connectivity index (χ0v) is 13.9. The van der Waals surface area contributed by atoms with E-state index < -0.39 is 0 Å². The van der Waals surface area contributed by atoms with Crippen molar-refractivity contribution in [1.29, 1.82) is 0 Å². The fraction of sp³-hybridized carbons (Fsp3) is 0.812. The minimum Gasteiger partial charge on any atom is -0.368 e. The first-order valence-electron chi connectivity index (χ1n) is 7.99. The first-order valence-corrected chi connectivity index (χ1v) is 8.87. The number of nitrogens with zero attached hydrogens (tertiary/aromatic N) is 1. The van der Waals surface area contributed by atoms with Crippen LogP contribution in [0, 0.1) is 0 Å². The summed E-state index contributed by atoms with van der Waals surface area (Å²) < 4.78 is 6.05. The molecule has 0 amide bonds. The smallest absolute Gasteiger partial charge is 0.125 e. The Hall–Kier alpha value is -0.450. The standard InChI is InChI=1S/C16H28N2OS/c1-4-16(5-2,19-6-3)14-18-13(12-20-14)15(17)10-8-7-9-11-15/h12H,4-11,17H2,1-3H3. The van der Waals surface area contributed by atoms with E-state index in [1.54, 1.807) is 11.3 Å². The molecule has 0 atom stereocenters. The SMILES string of the molecule is CCOC(CC)(CC)c1nc(C2(N)CCCCC2)cs1. The summed E-state index contributed by atoms with van der Waals surface area (Å²) in [6, 6.07) is 0. The van der Waals surface area contributed by atoms with Gasteiger partial charge in [-0.05, 0) is 32.6 Å². The molecule has 0 spiro atoms. The van der Waals surface area contributed by atoms with Crippen molar-refractivity contribution in [3.05, 3.63) is 16.1 Å². The molecule has 1 heterocycles. The summed E-state index contributed by atoms with van der Waals surface area (Å²) in [6.45, 7) is 7.14. The highest BCUT2D eigenvalue weighted by molar-refractivity contribution is 7.09. The first-order chi connectivity index (χ1) is 9.60. The number of thiazole rings is 1. The highest BCUT2D eigenvalue weighted by atomic mass is 32.1. The molecular formula is C16H28N2OS. The molecule has 0 radical (unpaired) electrons. The van der Waals surface area contributed by atoms with Gasteiger partial charge in [0.1, 0.15) is 10.6 Å². The van der Waals surface area contributed by atoms with Crippen LogP contribution >= 0.6 is 11.3 Å². The molecule has 0 bridgehead atoms. The maximum absolute atomic E-state index is 6.60. The third-order valence-corrected chi connectivity index (χ3v) is 5.74. The van der Waals surface area contributed by atoms with Crippen molar-refractivity contribution in [2.75, 3.05) is 6.61 Å². The van der Waals surface area contributed by atoms with Gasteiger partial charge in [0.25, 0.3) is 0 Å². The predicted octanol–water partition coefficient (Wildman–Crippen LogP) is 4.31. The third-order valence-electron chi connectivity index (χ3n) is 4.71. The maximum atomic E-state index is 6.60. The van der Waals surface area contributed by atoms with Gasteiger partial charge in [0.05, 0.1) is 11.2 Å². The Labute approximate surface area is 126 Å². The molecule has 1 aliphatic carbocycles. The second-order valence-electron chi connectivity index (χ2n) is 5.89. The summed E-state index contributed by atoms with van der Waals surface area (Å²) >= 11 is 1.72. The molecule has 1 aromatic rings. The van der Waals surface area contributed by atoms with Gasteiger partial charge in [0.2, 0.25) is 0 Å². The average molecular weight is 296 g/mol. The Balaban J connectivity index is 2.26. The van der Waals surface area contributed by atoms with Gasteiger partial charge in [-0.1, -0.05) is 33.1 Å². The Kier molecular flexibility index (Phi) is 5.21. The molecular weight excluding hydrogens is 268 g/mol. The summed E-state index contributed by atoms with van der Waals surface area (Å²) in [5, 5.41) is 3.27. The van der Waals surface area contributed by atoms with E-state index in [0.29, 0.717) is 0 Å². The number of rotatable bonds is 6. The lowest BCUT2D eigenvalue weighted by Crippen LogP contribution is -2.39. The van der Waals surface area contributed by atoms with E-state index in [0.717, 1.165) is 43.0 Å². The van der Waals surface area contributed by atoms with Crippen LogP contribution in [-0.2, 0) is 15.9 Å². The van der Waals surface area contributed by atoms with Gasteiger partial charge < -0.3 is 10.5 Å². The van der Waals surface area contributed by atoms with E-state index in [1.807, 2.05) is 0 Å². The van der Waals surface area contributed by atoms with Crippen LogP contribution in [0.1, 0.15) is 76.4 Å². The first kappa shape index (κ1) is 15.9. The molecule has 1 fully saturated rings. The van der Waals surface area contributed by atoms with Crippen molar-refractivity contribution in [2.24, 2.45) is 5.73 Å². The van der Waals surface area contributed by atoms with E-state index in [1.165, 1.54) is 19.3 Å². The lowest BCUT2D eigenvalue weighted by molar-refractivity contribution is -0.0508.